The van der Waals surface area contributed by atoms with Gasteiger partial charge in [-0.05, 0) is 12.1 Å². The Morgan fingerprint density at radius 1 is 1.47 bits per heavy atom. The topological polar surface area (TPSA) is 53.7 Å². The van der Waals surface area contributed by atoms with Crippen molar-refractivity contribution in [1.29, 1.82) is 0 Å². The van der Waals surface area contributed by atoms with Gasteiger partial charge in [0.15, 0.2) is 11.5 Å². The molecule has 2 rings (SSSR count). The van der Waals surface area contributed by atoms with Crippen molar-refractivity contribution < 1.29 is 14.2 Å². The molecule has 0 saturated carbocycles. The monoisotopic (exact) mass is 209 g/mol. The molecule has 82 valence electrons. The van der Waals surface area contributed by atoms with E-state index in [1.807, 2.05) is 24.3 Å². The van der Waals surface area contributed by atoms with Crippen LogP contribution in [0.3, 0.4) is 0 Å². The predicted molar refractivity (Wildman–Crippen MR) is 56.2 cm³/mol. The van der Waals surface area contributed by atoms with Gasteiger partial charge in [-0.1, -0.05) is 12.1 Å². The minimum absolute atomic E-state index is 0.139. The lowest BCUT2D eigenvalue weighted by atomic mass is 10.1. The van der Waals surface area contributed by atoms with Crippen molar-refractivity contribution in [2.24, 2.45) is 5.73 Å². The molecule has 0 bridgehead atoms. The first kappa shape index (κ1) is 10.3. The first-order chi connectivity index (χ1) is 7.31. The van der Waals surface area contributed by atoms with Gasteiger partial charge >= 0.3 is 0 Å². The second-order valence-electron chi connectivity index (χ2n) is 3.53. The SMILES string of the molecule is COCC(N)C1COc2ccccc2O1. The summed E-state index contributed by atoms with van der Waals surface area (Å²) in [6.07, 6.45) is -0.139. The van der Waals surface area contributed by atoms with Crippen LogP contribution in [0.5, 0.6) is 11.5 Å². The summed E-state index contributed by atoms with van der Waals surface area (Å²) in [5, 5.41) is 0. The third kappa shape index (κ3) is 2.22. The van der Waals surface area contributed by atoms with Crippen molar-refractivity contribution in [3.05, 3.63) is 24.3 Å². The summed E-state index contributed by atoms with van der Waals surface area (Å²) in [6, 6.07) is 7.42. The minimum Gasteiger partial charge on any atom is -0.486 e. The summed E-state index contributed by atoms with van der Waals surface area (Å²) in [7, 11) is 1.62. The molecule has 1 aliphatic heterocycles. The number of nitrogens with two attached hydrogens (primary N) is 1. The highest BCUT2D eigenvalue weighted by molar-refractivity contribution is 5.40. The zero-order chi connectivity index (χ0) is 10.7. The molecule has 0 saturated heterocycles. The van der Waals surface area contributed by atoms with Crippen molar-refractivity contribution in [2.75, 3.05) is 20.3 Å². The molecule has 1 aliphatic rings. The van der Waals surface area contributed by atoms with E-state index in [0.717, 1.165) is 11.5 Å². The zero-order valence-corrected chi connectivity index (χ0v) is 8.68. The van der Waals surface area contributed by atoms with Crippen molar-refractivity contribution in [1.82, 2.24) is 0 Å². The summed E-state index contributed by atoms with van der Waals surface area (Å²) in [5.74, 6) is 1.53. The molecule has 0 amide bonds. The first-order valence-corrected chi connectivity index (χ1v) is 4.94. The van der Waals surface area contributed by atoms with Crippen molar-refractivity contribution in [3.63, 3.8) is 0 Å². The van der Waals surface area contributed by atoms with Gasteiger partial charge in [-0.2, -0.15) is 0 Å². The van der Waals surface area contributed by atoms with Crippen LogP contribution in [0, 0.1) is 0 Å². The van der Waals surface area contributed by atoms with E-state index in [4.69, 9.17) is 19.9 Å². The van der Waals surface area contributed by atoms with Gasteiger partial charge in [0.1, 0.15) is 12.7 Å². The van der Waals surface area contributed by atoms with Crippen molar-refractivity contribution >= 4 is 0 Å². The third-order valence-corrected chi connectivity index (χ3v) is 2.37. The Balaban J connectivity index is 2.05. The van der Waals surface area contributed by atoms with E-state index in [1.54, 1.807) is 7.11 Å². The van der Waals surface area contributed by atoms with Crippen molar-refractivity contribution in [3.8, 4) is 11.5 Å². The number of rotatable bonds is 3. The van der Waals surface area contributed by atoms with Crippen LogP contribution in [0.15, 0.2) is 24.3 Å². The van der Waals surface area contributed by atoms with Gasteiger partial charge in [0.2, 0.25) is 0 Å². The van der Waals surface area contributed by atoms with E-state index in [-0.39, 0.29) is 12.1 Å². The van der Waals surface area contributed by atoms with E-state index in [2.05, 4.69) is 0 Å². The molecule has 0 aromatic heterocycles. The molecule has 0 fully saturated rings. The molecule has 0 radical (unpaired) electrons. The first-order valence-electron chi connectivity index (χ1n) is 4.94. The second-order valence-corrected chi connectivity index (χ2v) is 3.53. The molecule has 2 N–H and O–H groups in total. The van der Waals surface area contributed by atoms with E-state index >= 15 is 0 Å². The smallest absolute Gasteiger partial charge is 0.161 e. The number of fused-ring (bicyclic) bond motifs is 1. The average molecular weight is 209 g/mol. The van der Waals surface area contributed by atoms with Gasteiger partial charge in [0.05, 0.1) is 12.6 Å². The summed E-state index contributed by atoms with van der Waals surface area (Å²) in [4.78, 5) is 0. The lowest BCUT2D eigenvalue weighted by Gasteiger charge is -2.29. The van der Waals surface area contributed by atoms with Gasteiger partial charge in [0, 0.05) is 7.11 Å². The Kier molecular flexibility index (Phi) is 3.08. The highest BCUT2D eigenvalue weighted by atomic mass is 16.6. The normalized spacial score (nSPS) is 21.1. The van der Waals surface area contributed by atoms with E-state index in [1.165, 1.54) is 0 Å². The van der Waals surface area contributed by atoms with E-state index < -0.39 is 0 Å². The van der Waals surface area contributed by atoms with Crippen LogP contribution in [-0.4, -0.2) is 32.5 Å². The van der Waals surface area contributed by atoms with E-state index in [0.29, 0.717) is 13.2 Å². The number of ether oxygens (including phenoxy) is 3. The average Bonchev–Trinajstić information content (AvgIpc) is 2.29. The van der Waals surface area contributed by atoms with Crippen LogP contribution < -0.4 is 15.2 Å². The van der Waals surface area contributed by atoms with Crippen molar-refractivity contribution in [2.45, 2.75) is 12.1 Å². The van der Waals surface area contributed by atoms with Crippen LogP contribution in [0.2, 0.25) is 0 Å². The molecule has 0 spiro atoms. The molecule has 4 nitrogen and oxygen atoms in total. The number of benzene rings is 1. The largest absolute Gasteiger partial charge is 0.486 e. The summed E-state index contributed by atoms with van der Waals surface area (Å²) in [6.45, 7) is 0.942. The van der Waals surface area contributed by atoms with Crippen LogP contribution >= 0.6 is 0 Å². The number of methoxy groups -OCH3 is 1. The molecule has 2 unspecified atom stereocenters. The standard InChI is InChI=1S/C11H15NO3/c1-13-6-8(12)11-7-14-9-4-2-3-5-10(9)15-11/h2-5,8,11H,6-7,12H2,1H3. The fraction of sp³-hybridized carbons (Fsp3) is 0.455. The molecular formula is C11H15NO3. The van der Waals surface area contributed by atoms with Crippen LogP contribution in [0.25, 0.3) is 0 Å². The third-order valence-electron chi connectivity index (χ3n) is 2.37. The lowest BCUT2D eigenvalue weighted by Crippen LogP contribution is -2.47. The Morgan fingerprint density at radius 2 is 2.20 bits per heavy atom. The maximum absolute atomic E-state index is 5.89. The summed E-state index contributed by atoms with van der Waals surface area (Å²) in [5.41, 5.74) is 5.89. The minimum atomic E-state index is -0.164. The number of hydrogen-bond acceptors (Lipinski definition) is 4. The Bertz CT molecular complexity index is 329. The quantitative estimate of drug-likeness (QED) is 0.800. The maximum Gasteiger partial charge on any atom is 0.161 e. The Morgan fingerprint density at radius 3 is 2.93 bits per heavy atom. The fourth-order valence-electron chi connectivity index (χ4n) is 1.55. The Hall–Kier alpha value is -1.26. The van der Waals surface area contributed by atoms with E-state index in [9.17, 15) is 0 Å². The molecule has 1 heterocycles. The van der Waals surface area contributed by atoms with Gasteiger partial charge in [0.25, 0.3) is 0 Å². The maximum atomic E-state index is 5.89. The molecule has 4 heteroatoms. The molecule has 1 aromatic rings. The predicted octanol–water partition coefficient (Wildman–Crippen LogP) is 0.800. The van der Waals surface area contributed by atoms with Crippen LogP contribution in [0.4, 0.5) is 0 Å². The number of para-hydroxylation sites is 2. The molecule has 1 aromatic carbocycles. The Labute approximate surface area is 88.9 Å². The molecule has 2 atom stereocenters. The van der Waals surface area contributed by atoms with Gasteiger partial charge in [-0.25, -0.2) is 0 Å². The fourth-order valence-corrected chi connectivity index (χ4v) is 1.55. The summed E-state index contributed by atoms with van der Waals surface area (Å²) < 4.78 is 16.2. The summed E-state index contributed by atoms with van der Waals surface area (Å²) >= 11 is 0. The highest BCUT2D eigenvalue weighted by Crippen LogP contribution is 2.31. The molecule has 0 aliphatic carbocycles. The number of hydrogen-bond donors (Lipinski definition) is 1. The second kappa shape index (κ2) is 4.51. The zero-order valence-electron chi connectivity index (χ0n) is 8.68. The van der Waals surface area contributed by atoms with Gasteiger partial charge in [-0.15, -0.1) is 0 Å². The molecule has 15 heavy (non-hydrogen) atoms. The van der Waals surface area contributed by atoms with Crippen LogP contribution in [0.1, 0.15) is 0 Å². The highest BCUT2D eigenvalue weighted by Gasteiger charge is 2.26. The van der Waals surface area contributed by atoms with Gasteiger partial charge in [-0.3, -0.25) is 0 Å². The lowest BCUT2D eigenvalue weighted by molar-refractivity contribution is 0.0449. The molecular weight excluding hydrogens is 194 g/mol. The van der Waals surface area contributed by atoms with Gasteiger partial charge < -0.3 is 19.9 Å². The van der Waals surface area contributed by atoms with Crippen LogP contribution in [-0.2, 0) is 4.74 Å².